The molecule has 4 fully saturated rings. The Morgan fingerprint density at radius 3 is 2.33 bits per heavy atom. The Labute approximate surface area is 72.9 Å². The highest BCUT2D eigenvalue weighted by atomic mass is 16.6. The third-order valence-electron chi connectivity index (χ3n) is 4.25. The molecule has 4 rings (SSSR count). The number of ether oxygens (including phenoxy) is 1. The highest BCUT2D eigenvalue weighted by Crippen LogP contribution is 2.52. The Morgan fingerprint density at radius 1 is 1.00 bits per heavy atom. The fourth-order valence-electron chi connectivity index (χ4n) is 3.63. The lowest BCUT2D eigenvalue weighted by Crippen LogP contribution is -2.41. The van der Waals surface area contributed by atoms with E-state index in [-0.39, 0.29) is 0 Å². The fourth-order valence-corrected chi connectivity index (χ4v) is 3.63. The van der Waals surface area contributed by atoms with E-state index in [9.17, 15) is 5.11 Å². The summed E-state index contributed by atoms with van der Waals surface area (Å²) in [5.74, 6) is 2.85. The normalized spacial score (nSPS) is 57.2. The standard InChI is InChI=1S/C10H16O2/c11-10-9-7-3-1-6(2-4-7)8(9)5-12-10/h6-11H,1-5H2. The van der Waals surface area contributed by atoms with Crippen LogP contribution >= 0.6 is 0 Å². The summed E-state index contributed by atoms with van der Waals surface area (Å²) in [6.45, 7) is 0.826. The number of fused-ring (bicyclic) bond motifs is 2. The van der Waals surface area contributed by atoms with Gasteiger partial charge in [0.05, 0.1) is 6.61 Å². The molecule has 0 amide bonds. The molecule has 0 aromatic rings. The summed E-state index contributed by atoms with van der Waals surface area (Å²) >= 11 is 0. The summed E-state index contributed by atoms with van der Waals surface area (Å²) in [6, 6.07) is 0. The van der Waals surface area contributed by atoms with Gasteiger partial charge in [0, 0.05) is 5.92 Å². The molecule has 0 aromatic carbocycles. The van der Waals surface area contributed by atoms with Crippen molar-refractivity contribution in [1.29, 1.82) is 0 Å². The first-order valence-corrected chi connectivity index (χ1v) is 5.16. The molecule has 1 N–H and O–H groups in total. The van der Waals surface area contributed by atoms with Gasteiger partial charge in [-0.1, -0.05) is 0 Å². The predicted molar refractivity (Wildman–Crippen MR) is 44.4 cm³/mol. The van der Waals surface area contributed by atoms with Gasteiger partial charge in [-0.25, -0.2) is 0 Å². The zero-order valence-electron chi connectivity index (χ0n) is 7.28. The molecule has 0 aromatic heterocycles. The molecule has 3 unspecified atom stereocenters. The maximum atomic E-state index is 9.62. The molecular weight excluding hydrogens is 152 g/mol. The first kappa shape index (κ1) is 7.34. The molecule has 4 aliphatic rings. The maximum absolute atomic E-state index is 9.62. The van der Waals surface area contributed by atoms with Crippen LogP contribution in [0.25, 0.3) is 0 Å². The number of rotatable bonds is 0. The Kier molecular flexibility index (Phi) is 1.50. The van der Waals surface area contributed by atoms with Crippen LogP contribution in [-0.2, 0) is 4.74 Å². The van der Waals surface area contributed by atoms with Crippen molar-refractivity contribution in [2.45, 2.75) is 32.0 Å². The molecule has 12 heavy (non-hydrogen) atoms. The fraction of sp³-hybridized carbons (Fsp3) is 1.00. The van der Waals surface area contributed by atoms with Crippen LogP contribution in [-0.4, -0.2) is 18.0 Å². The molecule has 2 nitrogen and oxygen atoms in total. The van der Waals surface area contributed by atoms with Gasteiger partial charge in [-0.05, 0) is 43.4 Å². The molecule has 0 radical (unpaired) electrons. The van der Waals surface area contributed by atoms with E-state index in [1.165, 1.54) is 25.7 Å². The Bertz CT molecular complexity index is 184. The van der Waals surface area contributed by atoms with Crippen molar-refractivity contribution in [1.82, 2.24) is 0 Å². The van der Waals surface area contributed by atoms with Gasteiger partial charge in [-0.2, -0.15) is 0 Å². The van der Waals surface area contributed by atoms with Crippen LogP contribution in [0.3, 0.4) is 0 Å². The van der Waals surface area contributed by atoms with E-state index in [0.717, 1.165) is 18.4 Å². The van der Waals surface area contributed by atoms with Crippen molar-refractivity contribution < 1.29 is 9.84 Å². The average Bonchev–Trinajstić information content (AvgIpc) is 2.53. The van der Waals surface area contributed by atoms with E-state index in [1.807, 2.05) is 0 Å². The van der Waals surface area contributed by atoms with Crippen molar-refractivity contribution in [2.75, 3.05) is 6.61 Å². The largest absolute Gasteiger partial charge is 0.368 e. The second-order valence-electron chi connectivity index (χ2n) is 4.64. The van der Waals surface area contributed by atoms with E-state index < -0.39 is 6.29 Å². The summed E-state index contributed by atoms with van der Waals surface area (Å²) in [5.41, 5.74) is 0. The lowest BCUT2D eigenvalue weighted by molar-refractivity contribution is -0.104. The van der Waals surface area contributed by atoms with Gasteiger partial charge in [0.1, 0.15) is 0 Å². The molecule has 0 spiro atoms. The Balaban J connectivity index is 1.89. The number of hydrogen-bond acceptors (Lipinski definition) is 2. The molecule has 3 atom stereocenters. The quantitative estimate of drug-likeness (QED) is 0.592. The number of hydrogen-bond donors (Lipinski definition) is 1. The summed E-state index contributed by atoms with van der Waals surface area (Å²) < 4.78 is 5.34. The summed E-state index contributed by atoms with van der Waals surface area (Å²) in [5, 5.41) is 9.62. The van der Waals surface area contributed by atoms with Crippen LogP contribution < -0.4 is 0 Å². The van der Waals surface area contributed by atoms with Crippen molar-refractivity contribution in [3.05, 3.63) is 0 Å². The van der Waals surface area contributed by atoms with Gasteiger partial charge in [0.25, 0.3) is 0 Å². The molecule has 3 saturated carbocycles. The second kappa shape index (κ2) is 2.46. The first-order chi connectivity index (χ1) is 5.86. The molecule has 1 heterocycles. The van der Waals surface area contributed by atoms with Gasteiger partial charge in [-0.15, -0.1) is 0 Å². The van der Waals surface area contributed by atoms with E-state index >= 15 is 0 Å². The molecule has 1 saturated heterocycles. The molecule has 2 heteroatoms. The highest BCUT2D eigenvalue weighted by Gasteiger charge is 2.50. The minimum atomic E-state index is -0.428. The summed E-state index contributed by atoms with van der Waals surface area (Å²) in [6.07, 6.45) is 5.03. The van der Waals surface area contributed by atoms with Crippen LogP contribution in [0.4, 0.5) is 0 Å². The third-order valence-corrected chi connectivity index (χ3v) is 4.25. The van der Waals surface area contributed by atoms with Crippen molar-refractivity contribution in [3.63, 3.8) is 0 Å². The van der Waals surface area contributed by atoms with Gasteiger partial charge in [0.15, 0.2) is 6.29 Å². The van der Waals surface area contributed by atoms with E-state index in [0.29, 0.717) is 11.8 Å². The van der Waals surface area contributed by atoms with E-state index in [1.54, 1.807) is 0 Å². The second-order valence-corrected chi connectivity index (χ2v) is 4.64. The molecule has 68 valence electrons. The first-order valence-electron chi connectivity index (χ1n) is 5.16. The Hall–Kier alpha value is -0.0800. The smallest absolute Gasteiger partial charge is 0.157 e. The van der Waals surface area contributed by atoms with Gasteiger partial charge in [-0.3, -0.25) is 0 Å². The van der Waals surface area contributed by atoms with Crippen LogP contribution in [0.5, 0.6) is 0 Å². The van der Waals surface area contributed by atoms with Gasteiger partial charge >= 0.3 is 0 Å². The topological polar surface area (TPSA) is 29.5 Å². The summed E-state index contributed by atoms with van der Waals surface area (Å²) in [4.78, 5) is 0. The van der Waals surface area contributed by atoms with E-state index in [4.69, 9.17) is 4.74 Å². The van der Waals surface area contributed by atoms with Crippen LogP contribution in [0.2, 0.25) is 0 Å². The van der Waals surface area contributed by atoms with Crippen LogP contribution in [0, 0.1) is 23.7 Å². The minimum Gasteiger partial charge on any atom is -0.368 e. The number of aliphatic hydroxyl groups excluding tert-OH is 1. The SMILES string of the molecule is OC1OCC2C3CCC(CC3)C12. The van der Waals surface area contributed by atoms with Crippen molar-refractivity contribution in [2.24, 2.45) is 23.7 Å². The summed E-state index contributed by atoms with van der Waals surface area (Å²) in [7, 11) is 0. The average molecular weight is 168 g/mol. The minimum absolute atomic E-state index is 0.428. The number of aliphatic hydroxyl groups is 1. The highest BCUT2D eigenvalue weighted by molar-refractivity contribution is 4.96. The molecule has 2 bridgehead atoms. The van der Waals surface area contributed by atoms with Gasteiger partial charge in [0.2, 0.25) is 0 Å². The predicted octanol–water partition coefficient (Wildman–Crippen LogP) is 1.39. The lowest BCUT2D eigenvalue weighted by atomic mass is 9.59. The van der Waals surface area contributed by atoms with E-state index in [2.05, 4.69) is 0 Å². The van der Waals surface area contributed by atoms with Crippen LogP contribution in [0.15, 0.2) is 0 Å². The van der Waals surface area contributed by atoms with Crippen molar-refractivity contribution in [3.8, 4) is 0 Å². The Morgan fingerprint density at radius 2 is 1.67 bits per heavy atom. The monoisotopic (exact) mass is 168 g/mol. The zero-order valence-corrected chi connectivity index (χ0v) is 7.28. The van der Waals surface area contributed by atoms with Crippen molar-refractivity contribution >= 4 is 0 Å². The molecule has 1 aliphatic heterocycles. The maximum Gasteiger partial charge on any atom is 0.157 e. The van der Waals surface area contributed by atoms with Gasteiger partial charge < -0.3 is 9.84 Å². The zero-order chi connectivity index (χ0) is 8.13. The van der Waals surface area contributed by atoms with Crippen LogP contribution in [0.1, 0.15) is 25.7 Å². The lowest BCUT2D eigenvalue weighted by Gasteiger charge is -2.45. The molecule has 3 aliphatic carbocycles. The molecular formula is C10H16O2. The third kappa shape index (κ3) is 0.826.